The number of anilines is 1. The molecule has 1 aromatic carbocycles. The van der Waals surface area contributed by atoms with Crippen molar-refractivity contribution >= 4 is 16.7 Å². The van der Waals surface area contributed by atoms with Gasteiger partial charge in [0.2, 0.25) is 0 Å². The molecule has 1 aromatic heterocycles. The Bertz CT molecular complexity index is 534. The molecule has 0 saturated heterocycles. The van der Waals surface area contributed by atoms with Crippen molar-refractivity contribution in [1.82, 2.24) is 10.3 Å². The fourth-order valence-electron chi connectivity index (χ4n) is 2.11. The van der Waals surface area contributed by atoms with Crippen LogP contribution in [0.2, 0.25) is 0 Å². The zero-order chi connectivity index (χ0) is 12.4. The van der Waals surface area contributed by atoms with Crippen LogP contribution in [0.1, 0.15) is 12.8 Å². The molecule has 1 aliphatic rings. The fraction of sp³-hybridized carbons (Fsp3) is 0.400. The molecular formula is C15H19N3. The molecule has 3 heteroatoms. The highest BCUT2D eigenvalue weighted by Gasteiger charge is 2.19. The van der Waals surface area contributed by atoms with Crippen molar-refractivity contribution in [2.75, 3.05) is 25.0 Å². The Hall–Kier alpha value is -1.61. The molecule has 94 valence electrons. The van der Waals surface area contributed by atoms with Crippen LogP contribution in [0.4, 0.5) is 5.82 Å². The van der Waals surface area contributed by atoms with Gasteiger partial charge in [0.25, 0.3) is 0 Å². The van der Waals surface area contributed by atoms with Crippen LogP contribution in [0.3, 0.4) is 0 Å². The van der Waals surface area contributed by atoms with Crippen LogP contribution in [0, 0.1) is 0 Å². The highest BCUT2D eigenvalue weighted by Crippen LogP contribution is 2.19. The Balaban J connectivity index is 1.67. The maximum Gasteiger partial charge on any atom is 0.129 e. The second kappa shape index (κ2) is 4.94. The minimum absolute atomic E-state index is 0.781. The molecule has 3 nitrogen and oxygen atoms in total. The Labute approximate surface area is 108 Å². The summed E-state index contributed by atoms with van der Waals surface area (Å²) in [5.41, 5.74) is 1.07. The molecule has 0 aliphatic heterocycles. The predicted molar refractivity (Wildman–Crippen MR) is 76.0 cm³/mol. The molecule has 0 radical (unpaired) electrons. The quantitative estimate of drug-likeness (QED) is 0.871. The van der Waals surface area contributed by atoms with Crippen molar-refractivity contribution in [3.63, 3.8) is 0 Å². The summed E-state index contributed by atoms with van der Waals surface area (Å²) in [5.74, 6) is 1.05. The summed E-state index contributed by atoms with van der Waals surface area (Å²) in [5, 5.41) is 4.72. The summed E-state index contributed by atoms with van der Waals surface area (Å²) in [4.78, 5) is 6.90. The van der Waals surface area contributed by atoms with Gasteiger partial charge >= 0.3 is 0 Å². The first-order chi connectivity index (χ1) is 8.83. The standard InChI is InChI=1S/C15H19N3/c1-18(11-10-16-13-7-8-13)15-9-6-12-4-2-3-5-14(12)17-15/h2-6,9,13,16H,7-8,10-11H2,1H3. The Morgan fingerprint density at radius 1 is 1.22 bits per heavy atom. The topological polar surface area (TPSA) is 28.2 Å². The third kappa shape index (κ3) is 2.62. The first-order valence-corrected chi connectivity index (χ1v) is 6.63. The fourth-order valence-corrected chi connectivity index (χ4v) is 2.11. The van der Waals surface area contributed by atoms with Gasteiger partial charge < -0.3 is 10.2 Å². The van der Waals surface area contributed by atoms with E-state index in [0.29, 0.717) is 0 Å². The second-order valence-electron chi connectivity index (χ2n) is 5.01. The molecule has 3 rings (SSSR count). The Kier molecular flexibility index (Phi) is 3.15. The number of nitrogens with one attached hydrogen (secondary N) is 1. The molecule has 1 heterocycles. The highest BCUT2D eigenvalue weighted by molar-refractivity contribution is 5.80. The summed E-state index contributed by atoms with van der Waals surface area (Å²) < 4.78 is 0. The molecule has 0 unspecified atom stereocenters. The van der Waals surface area contributed by atoms with E-state index >= 15 is 0 Å². The van der Waals surface area contributed by atoms with Crippen LogP contribution in [-0.4, -0.2) is 31.2 Å². The van der Waals surface area contributed by atoms with E-state index in [1.165, 1.54) is 18.2 Å². The van der Waals surface area contributed by atoms with E-state index in [1.807, 2.05) is 12.1 Å². The van der Waals surface area contributed by atoms with E-state index in [9.17, 15) is 0 Å². The number of rotatable bonds is 5. The van der Waals surface area contributed by atoms with Crippen LogP contribution in [0.15, 0.2) is 36.4 Å². The van der Waals surface area contributed by atoms with Crippen molar-refractivity contribution in [3.05, 3.63) is 36.4 Å². The SMILES string of the molecule is CN(CCNC1CC1)c1ccc2ccccc2n1. The second-order valence-corrected chi connectivity index (χ2v) is 5.01. The van der Waals surface area contributed by atoms with Gasteiger partial charge in [0.1, 0.15) is 5.82 Å². The van der Waals surface area contributed by atoms with E-state index < -0.39 is 0 Å². The van der Waals surface area contributed by atoms with E-state index in [4.69, 9.17) is 0 Å². The summed E-state index contributed by atoms with van der Waals surface area (Å²) in [6.45, 7) is 2.04. The van der Waals surface area contributed by atoms with Crippen molar-refractivity contribution in [1.29, 1.82) is 0 Å². The first kappa shape index (κ1) is 11.5. The summed E-state index contributed by atoms with van der Waals surface area (Å²) in [7, 11) is 2.10. The van der Waals surface area contributed by atoms with Gasteiger partial charge in [-0.2, -0.15) is 0 Å². The number of aromatic nitrogens is 1. The van der Waals surface area contributed by atoms with Gasteiger partial charge in [-0.05, 0) is 31.0 Å². The number of para-hydroxylation sites is 1. The zero-order valence-corrected chi connectivity index (χ0v) is 10.8. The van der Waals surface area contributed by atoms with Gasteiger partial charge in [-0.1, -0.05) is 18.2 Å². The van der Waals surface area contributed by atoms with E-state index in [-0.39, 0.29) is 0 Å². The minimum atomic E-state index is 0.781. The van der Waals surface area contributed by atoms with Crippen molar-refractivity contribution in [2.45, 2.75) is 18.9 Å². The molecule has 1 aliphatic carbocycles. The lowest BCUT2D eigenvalue weighted by molar-refractivity contribution is 0.673. The predicted octanol–water partition coefficient (Wildman–Crippen LogP) is 2.42. The third-order valence-electron chi connectivity index (χ3n) is 3.43. The summed E-state index contributed by atoms with van der Waals surface area (Å²) in [6, 6.07) is 13.3. The molecule has 0 atom stereocenters. The lowest BCUT2D eigenvalue weighted by Gasteiger charge is -2.18. The lowest BCUT2D eigenvalue weighted by atomic mass is 10.2. The average molecular weight is 241 g/mol. The molecule has 1 saturated carbocycles. The Morgan fingerprint density at radius 3 is 2.89 bits per heavy atom. The average Bonchev–Trinajstić information content (AvgIpc) is 3.22. The van der Waals surface area contributed by atoms with Crippen molar-refractivity contribution in [3.8, 4) is 0 Å². The Morgan fingerprint density at radius 2 is 2.06 bits per heavy atom. The minimum Gasteiger partial charge on any atom is -0.358 e. The van der Waals surface area contributed by atoms with Gasteiger partial charge in [0.05, 0.1) is 5.52 Å². The maximum atomic E-state index is 4.69. The van der Waals surface area contributed by atoms with E-state index in [0.717, 1.165) is 30.5 Å². The molecule has 2 aromatic rings. The van der Waals surface area contributed by atoms with Crippen molar-refractivity contribution in [2.24, 2.45) is 0 Å². The number of benzene rings is 1. The highest BCUT2D eigenvalue weighted by atomic mass is 15.2. The van der Waals surface area contributed by atoms with Gasteiger partial charge in [0.15, 0.2) is 0 Å². The number of pyridine rings is 1. The number of nitrogens with zero attached hydrogens (tertiary/aromatic N) is 2. The molecular weight excluding hydrogens is 222 g/mol. The van der Waals surface area contributed by atoms with Gasteiger partial charge in [-0.15, -0.1) is 0 Å². The van der Waals surface area contributed by atoms with Gasteiger partial charge in [-0.3, -0.25) is 0 Å². The third-order valence-corrected chi connectivity index (χ3v) is 3.43. The van der Waals surface area contributed by atoms with Crippen LogP contribution in [-0.2, 0) is 0 Å². The van der Waals surface area contributed by atoms with Crippen LogP contribution >= 0.6 is 0 Å². The van der Waals surface area contributed by atoms with Gasteiger partial charge in [-0.25, -0.2) is 4.98 Å². The van der Waals surface area contributed by atoms with Crippen LogP contribution in [0.25, 0.3) is 10.9 Å². The first-order valence-electron chi connectivity index (χ1n) is 6.63. The van der Waals surface area contributed by atoms with E-state index in [2.05, 4.69) is 46.5 Å². The molecule has 0 bridgehead atoms. The molecule has 1 fully saturated rings. The number of hydrogen-bond donors (Lipinski definition) is 1. The van der Waals surface area contributed by atoms with E-state index in [1.54, 1.807) is 0 Å². The largest absolute Gasteiger partial charge is 0.358 e. The van der Waals surface area contributed by atoms with Crippen LogP contribution < -0.4 is 10.2 Å². The smallest absolute Gasteiger partial charge is 0.129 e. The number of hydrogen-bond acceptors (Lipinski definition) is 3. The van der Waals surface area contributed by atoms with Crippen LogP contribution in [0.5, 0.6) is 0 Å². The normalized spacial score (nSPS) is 14.9. The molecule has 1 N–H and O–H groups in total. The van der Waals surface area contributed by atoms with Crippen molar-refractivity contribution < 1.29 is 0 Å². The summed E-state index contributed by atoms with van der Waals surface area (Å²) in [6.07, 6.45) is 2.69. The lowest BCUT2D eigenvalue weighted by Crippen LogP contribution is -2.30. The number of fused-ring (bicyclic) bond motifs is 1. The maximum absolute atomic E-state index is 4.69. The monoisotopic (exact) mass is 241 g/mol. The zero-order valence-electron chi connectivity index (χ0n) is 10.8. The molecule has 0 amide bonds. The number of likely N-dealkylation sites (N-methyl/N-ethyl adjacent to an activating group) is 1. The molecule has 0 spiro atoms. The summed E-state index contributed by atoms with van der Waals surface area (Å²) >= 11 is 0. The molecule has 18 heavy (non-hydrogen) atoms. The van der Waals surface area contributed by atoms with Gasteiger partial charge in [0, 0.05) is 31.6 Å².